The Morgan fingerprint density at radius 1 is 0.381 bits per heavy atom. The SMILES string of the molecule is Cn1nc(-c2[c-]cccc2)nc1-c1ccc(-c2ccccc2)cc1.[Rh+2].[Rh+2].[Rh].[Rh].[c-]1ccccc1-c1cc(-c2ccc(-c3ccccc3)cc2)sn1.[c-]1ccccc1N1C=C(c2ccc(-c3ccccc3)cc2)O[CH-]1.[c-]1ccccc1N1C=C(c2ccc(-c3ccccc3)cc2)S[CH-]1. The summed E-state index contributed by atoms with van der Waals surface area (Å²) in [6.45, 7) is 1.70. The van der Waals surface area contributed by atoms with Gasteiger partial charge < -0.3 is 14.5 Å². The fourth-order valence-corrected chi connectivity index (χ4v) is 12.0. The van der Waals surface area contributed by atoms with Crippen LogP contribution in [-0.2, 0) is 89.7 Å². The van der Waals surface area contributed by atoms with Gasteiger partial charge >= 0.3 is 39.0 Å². The molecule has 482 valence electrons. The van der Waals surface area contributed by atoms with Crippen molar-refractivity contribution in [2.45, 2.75) is 0 Å². The summed E-state index contributed by atoms with van der Waals surface area (Å²) in [6.07, 6.45) is 4.14. The molecule has 0 fully saturated rings. The second-order valence-electron chi connectivity index (χ2n) is 21.5. The molecule has 7 nitrogen and oxygen atoms in total. The largest absolute Gasteiger partial charge is 2.00 e. The third-order valence-corrected chi connectivity index (χ3v) is 17.1. The third kappa shape index (κ3) is 19.0. The van der Waals surface area contributed by atoms with Crippen molar-refractivity contribution >= 4 is 45.3 Å². The zero-order valence-corrected chi connectivity index (χ0v) is 60.3. The van der Waals surface area contributed by atoms with Gasteiger partial charge in [-0.05, 0) is 78.3 Å². The predicted octanol–water partition coefficient (Wildman–Crippen LogP) is 21.5. The molecule has 0 amide bonds. The van der Waals surface area contributed by atoms with Gasteiger partial charge in [-0.1, -0.05) is 231 Å². The van der Waals surface area contributed by atoms with Gasteiger partial charge in [0.2, 0.25) is 0 Å². The minimum absolute atomic E-state index is 0. The Morgan fingerprint density at radius 3 is 1.23 bits per heavy atom. The number of aryl methyl sites for hydroxylation is 1. The first-order valence-corrected chi connectivity index (χ1v) is 32.1. The third-order valence-electron chi connectivity index (χ3n) is 15.3. The van der Waals surface area contributed by atoms with Crippen LogP contribution in [0.2, 0.25) is 0 Å². The van der Waals surface area contributed by atoms with Crippen LogP contribution in [0.1, 0.15) is 11.1 Å². The quantitative estimate of drug-likeness (QED) is 0.0892. The molecule has 0 saturated heterocycles. The van der Waals surface area contributed by atoms with Gasteiger partial charge in [0.05, 0.1) is 5.82 Å². The van der Waals surface area contributed by atoms with Crippen molar-refractivity contribution in [2.75, 3.05) is 9.80 Å². The Bertz CT molecular complexity index is 4550. The molecule has 0 saturated carbocycles. The van der Waals surface area contributed by atoms with E-state index in [1.54, 1.807) is 18.5 Å². The van der Waals surface area contributed by atoms with Crippen molar-refractivity contribution in [3.63, 3.8) is 0 Å². The number of rotatable bonds is 12. The van der Waals surface area contributed by atoms with E-state index in [0.717, 1.165) is 50.9 Å². The van der Waals surface area contributed by atoms with Crippen LogP contribution in [-0.4, -0.2) is 19.1 Å². The number of nitrogens with zero attached hydrogens (tertiary/aromatic N) is 6. The van der Waals surface area contributed by atoms with E-state index < -0.39 is 0 Å². The van der Waals surface area contributed by atoms with Crippen molar-refractivity contribution in [3.8, 4) is 89.0 Å². The first-order valence-electron chi connectivity index (χ1n) is 30.4. The summed E-state index contributed by atoms with van der Waals surface area (Å²) < 4.78 is 12.1. The number of hydrogen-bond donors (Lipinski definition) is 0. The summed E-state index contributed by atoms with van der Waals surface area (Å²) in [4.78, 5) is 11.1. The van der Waals surface area contributed by atoms with Crippen LogP contribution in [0.3, 0.4) is 0 Å². The van der Waals surface area contributed by atoms with Gasteiger partial charge in [-0.3, -0.25) is 21.4 Å². The van der Waals surface area contributed by atoms with Crippen molar-refractivity contribution in [3.05, 3.63) is 382 Å². The van der Waals surface area contributed by atoms with E-state index in [2.05, 4.69) is 262 Å². The van der Waals surface area contributed by atoms with E-state index in [9.17, 15) is 0 Å². The normalized spacial score (nSPS) is 11.7. The summed E-state index contributed by atoms with van der Waals surface area (Å²) in [5, 5.41) is 4.51. The van der Waals surface area contributed by atoms with Gasteiger partial charge in [-0.25, -0.2) is 9.47 Å². The molecule has 4 radical (unpaired) electrons. The maximum atomic E-state index is 5.69. The molecule has 0 spiro atoms. The average Bonchev–Trinajstić information content (AvgIpc) is 1.75. The summed E-state index contributed by atoms with van der Waals surface area (Å²) in [6, 6.07) is 122. The molecule has 0 unspecified atom stereocenters. The van der Waals surface area contributed by atoms with Crippen LogP contribution in [0.4, 0.5) is 11.4 Å². The van der Waals surface area contributed by atoms with Crippen molar-refractivity contribution in [2.24, 2.45) is 7.05 Å². The molecule has 97 heavy (non-hydrogen) atoms. The van der Waals surface area contributed by atoms with Crippen LogP contribution in [0.5, 0.6) is 0 Å². The number of anilines is 2. The molecule has 0 aliphatic carbocycles. The Labute approximate surface area is 628 Å². The van der Waals surface area contributed by atoms with Gasteiger partial charge in [-0.2, -0.15) is 66.5 Å². The number of aromatic nitrogens is 4. The van der Waals surface area contributed by atoms with E-state index in [4.69, 9.17) is 4.74 Å². The number of benzene rings is 12. The molecular formula is C84H60N6ORh4S2-2. The van der Waals surface area contributed by atoms with Crippen LogP contribution in [0.25, 0.3) is 99.6 Å². The van der Waals surface area contributed by atoms with E-state index in [1.165, 1.54) is 76.9 Å². The molecule has 12 aromatic carbocycles. The molecule has 16 rings (SSSR count). The van der Waals surface area contributed by atoms with Gasteiger partial charge in [0.1, 0.15) is 11.6 Å². The Morgan fingerprint density at radius 2 is 0.773 bits per heavy atom. The molecule has 14 aromatic rings. The molecular weight excluding hydrogens is 1580 g/mol. The van der Waals surface area contributed by atoms with E-state index in [1.807, 2.05) is 138 Å². The molecule has 0 atom stereocenters. The number of thioether (sulfide) groups is 1. The molecule has 2 aliphatic heterocycles. The molecule has 2 aromatic heterocycles. The summed E-state index contributed by atoms with van der Waals surface area (Å²) >= 11 is 3.27. The standard InChI is InChI=1S/C21H16N3.C21H15NO.C21H15NS.C21H14NS.4Rh/c1-24-21(22-20(23-24)18-10-6-3-7-11-18)19-14-12-17(13-15-19)16-8-4-2-5-9-16;2*1-3-7-17(8-4-1)18-11-13-19(14-12-18)21-15-22(16-23-21)20-9-5-2-6-10-20;1-3-7-16(8-4-1)17-11-13-19(14-12-17)21-15-20(22-23-21)18-9-5-2-6-10-18;;;;/h2-10,12-15H,1H3;2*1-9,11-16H;1-9,11-15H;;;;/q-1;2*-2;-1;;;2*+2. The number of ether oxygens (including phenoxy) is 1. The van der Waals surface area contributed by atoms with Crippen LogP contribution in [0, 0.1) is 36.9 Å². The molecule has 13 heteroatoms. The maximum Gasteiger partial charge on any atom is 2.00 e. The molecule has 4 heterocycles. The zero-order chi connectivity index (χ0) is 62.8. The Kier molecular flexibility index (Phi) is 27.2. The topological polar surface area (TPSA) is 59.3 Å². The van der Waals surface area contributed by atoms with E-state index >= 15 is 0 Å². The number of para-hydroxylation sites is 2. The first kappa shape index (κ1) is 72.4. The molecule has 0 bridgehead atoms. The van der Waals surface area contributed by atoms with Crippen LogP contribution >= 0.6 is 23.3 Å². The second-order valence-corrected chi connectivity index (χ2v) is 23.2. The average molecular weight is 1650 g/mol. The second kappa shape index (κ2) is 36.5. The van der Waals surface area contributed by atoms with Gasteiger partial charge in [-0.15, -0.1) is 83.2 Å². The minimum atomic E-state index is 0. The van der Waals surface area contributed by atoms with E-state index in [0.29, 0.717) is 5.82 Å². The van der Waals surface area contributed by atoms with Crippen LogP contribution in [0.15, 0.2) is 334 Å². The zero-order valence-electron chi connectivity index (χ0n) is 52.2. The summed E-state index contributed by atoms with van der Waals surface area (Å²) in [5.74, 6) is 4.50. The van der Waals surface area contributed by atoms with E-state index in [-0.39, 0.29) is 77.9 Å². The fraction of sp³-hybridized carbons (Fsp3) is 0.0119. The molecule has 2 aliphatic rings. The van der Waals surface area contributed by atoms with Crippen molar-refractivity contribution < 1.29 is 82.6 Å². The summed E-state index contributed by atoms with van der Waals surface area (Å²) in [7, 11) is 1.92. The Hall–Kier alpha value is -8.87. The van der Waals surface area contributed by atoms with Crippen molar-refractivity contribution in [1.29, 1.82) is 0 Å². The van der Waals surface area contributed by atoms with Gasteiger partial charge in [0.15, 0.2) is 0 Å². The van der Waals surface area contributed by atoms with Crippen LogP contribution < -0.4 is 9.80 Å². The Balaban J connectivity index is 0.000000150. The minimum Gasteiger partial charge on any atom is -0.640 e. The maximum absolute atomic E-state index is 5.69. The van der Waals surface area contributed by atoms with Crippen molar-refractivity contribution in [1.82, 2.24) is 19.1 Å². The monoisotopic (exact) mass is 1640 g/mol. The van der Waals surface area contributed by atoms with Gasteiger partial charge in [0.25, 0.3) is 0 Å². The number of hydrogen-bond acceptors (Lipinski definition) is 8. The predicted molar refractivity (Wildman–Crippen MR) is 386 cm³/mol. The smallest absolute Gasteiger partial charge is 0.640 e. The van der Waals surface area contributed by atoms with Gasteiger partial charge in [0, 0.05) is 73.9 Å². The molecule has 0 N–H and O–H groups in total. The fourth-order valence-electron chi connectivity index (χ4n) is 10.4. The summed E-state index contributed by atoms with van der Waals surface area (Å²) in [5.41, 5.74) is 19.3. The first-order chi connectivity index (χ1) is 46.0.